The standard InChI is InChI=1S/C21H35N3O2/c1-4-22-20(23-13-9-14-25-16-19-12-8-15-26-19)24-17-21(2,3)18-10-6-5-7-11-18/h5-7,10-11,19H,4,8-9,12-17H2,1-3H3,(H2,22,23,24). The molecule has 1 heterocycles. The number of hydrogen-bond donors (Lipinski definition) is 2. The molecular formula is C21H35N3O2. The average molecular weight is 362 g/mol. The molecule has 1 aliphatic heterocycles. The summed E-state index contributed by atoms with van der Waals surface area (Å²) in [5.41, 5.74) is 1.32. The van der Waals surface area contributed by atoms with Crippen LogP contribution in [0.2, 0.25) is 0 Å². The van der Waals surface area contributed by atoms with E-state index in [2.05, 4.69) is 61.7 Å². The molecule has 1 saturated heterocycles. The Balaban J connectivity index is 1.70. The molecule has 0 aliphatic carbocycles. The molecule has 5 nitrogen and oxygen atoms in total. The van der Waals surface area contributed by atoms with Crippen LogP contribution in [0.25, 0.3) is 0 Å². The number of guanidine groups is 1. The van der Waals surface area contributed by atoms with Crippen LogP contribution in [0.3, 0.4) is 0 Å². The van der Waals surface area contributed by atoms with Crippen molar-refractivity contribution in [2.24, 2.45) is 4.99 Å². The molecule has 0 radical (unpaired) electrons. The fourth-order valence-electron chi connectivity index (χ4n) is 2.97. The number of hydrogen-bond acceptors (Lipinski definition) is 3. The second-order valence-corrected chi connectivity index (χ2v) is 7.44. The van der Waals surface area contributed by atoms with Crippen molar-refractivity contribution in [3.63, 3.8) is 0 Å². The fourth-order valence-corrected chi connectivity index (χ4v) is 2.97. The van der Waals surface area contributed by atoms with Crippen molar-refractivity contribution in [3.8, 4) is 0 Å². The molecule has 26 heavy (non-hydrogen) atoms. The number of aliphatic imine (C=N–C) groups is 1. The molecule has 0 amide bonds. The molecule has 1 aliphatic rings. The summed E-state index contributed by atoms with van der Waals surface area (Å²) in [6.45, 7) is 11.4. The zero-order valence-electron chi connectivity index (χ0n) is 16.6. The molecule has 1 atom stereocenters. The van der Waals surface area contributed by atoms with E-state index in [1.165, 1.54) is 5.56 Å². The number of benzene rings is 1. The third kappa shape index (κ3) is 7.34. The van der Waals surface area contributed by atoms with Gasteiger partial charge in [0, 0.05) is 31.7 Å². The SMILES string of the molecule is CCNC(=NCC(C)(C)c1ccccc1)NCCCOCC1CCCO1. The Morgan fingerprint density at radius 2 is 2.08 bits per heavy atom. The van der Waals surface area contributed by atoms with Crippen LogP contribution in [0.1, 0.15) is 45.6 Å². The lowest BCUT2D eigenvalue weighted by atomic mass is 9.85. The Kier molecular flexibility index (Phi) is 8.92. The third-order valence-electron chi connectivity index (χ3n) is 4.62. The first kappa shape index (κ1) is 20.7. The molecule has 1 aromatic carbocycles. The first-order valence-corrected chi connectivity index (χ1v) is 9.89. The quantitative estimate of drug-likeness (QED) is 0.382. The van der Waals surface area contributed by atoms with Crippen LogP contribution in [0.15, 0.2) is 35.3 Å². The van der Waals surface area contributed by atoms with Gasteiger partial charge in [-0.2, -0.15) is 0 Å². The van der Waals surface area contributed by atoms with Crippen molar-refractivity contribution < 1.29 is 9.47 Å². The largest absolute Gasteiger partial charge is 0.379 e. The third-order valence-corrected chi connectivity index (χ3v) is 4.62. The van der Waals surface area contributed by atoms with Crippen LogP contribution in [0.5, 0.6) is 0 Å². The minimum Gasteiger partial charge on any atom is -0.379 e. The zero-order chi connectivity index (χ0) is 18.7. The number of ether oxygens (including phenoxy) is 2. The molecule has 2 N–H and O–H groups in total. The highest BCUT2D eigenvalue weighted by Gasteiger charge is 2.20. The van der Waals surface area contributed by atoms with Gasteiger partial charge in [-0.1, -0.05) is 44.2 Å². The topological polar surface area (TPSA) is 54.9 Å². The van der Waals surface area contributed by atoms with Crippen molar-refractivity contribution >= 4 is 5.96 Å². The predicted octanol–water partition coefficient (Wildman–Crippen LogP) is 3.11. The summed E-state index contributed by atoms with van der Waals surface area (Å²) in [6.07, 6.45) is 3.56. The van der Waals surface area contributed by atoms with E-state index in [0.29, 0.717) is 6.10 Å². The molecule has 1 fully saturated rings. The Bertz CT molecular complexity index is 525. The van der Waals surface area contributed by atoms with E-state index in [1.54, 1.807) is 0 Å². The lowest BCUT2D eigenvalue weighted by Crippen LogP contribution is -2.39. The van der Waals surface area contributed by atoms with Gasteiger partial charge in [0.1, 0.15) is 0 Å². The lowest BCUT2D eigenvalue weighted by molar-refractivity contribution is 0.0168. The summed E-state index contributed by atoms with van der Waals surface area (Å²) in [4.78, 5) is 4.78. The predicted molar refractivity (Wildman–Crippen MR) is 108 cm³/mol. The first-order chi connectivity index (χ1) is 12.6. The normalized spacial score (nSPS) is 18.1. The molecule has 0 bridgehead atoms. The highest BCUT2D eigenvalue weighted by Crippen LogP contribution is 2.22. The molecule has 0 aromatic heterocycles. The van der Waals surface area contributed by atoms with E-state index in [-0.39, 0.29) is 5.41 Å². The van der Waals surface area contributed by atoms with Gasteiger partial charge in [-0.25, -0.2) is 0 Å². The van der Waals surface area contributed by atoms with Gasteiger partial charge in [-0.3, -0.25) is 4.99 Å². The zero-order valence-corrected chi connectivity index (χ0v) is 16.6. The van der Waals surface area contributed by atoms with Crippen molar-refractivity contribution in [2.45, 2.75) is 51.6 Å². The highest BCUT2D eigenvalue weighted by atomic mass is 16.5. The van der Waals surface area contributed by atoms with E-state index in [4.69, 9.17) is 14.5 Å². The van der Waals surface area contributed by atoms with Gasteiger partial charge in [-0.05, 0) is 31.7 Å². The minimum absolute atomic E-state index is 0.00794. The van der Waals surface area contributed by atoms with Gasteiger partial charge in [0.2, 0.25) is 0 Å². The summed E-state index contributed by atoms with van der Waals surface area (Å²) in [7, 11) is 0. The smallest absolute Gasteiger partial charge is 0.191 e. The maximum Gasteiger partial charge on any atom is 0.191 e. The molecule has 5 heteroatoms. The molecule has 1 unspecified atom stereocenters. The first-order valence-electron chi connectivity index (χ1n) is 9.89. The van der Waals surface area contributed by atoms with Gasteiger partial charge in [0.05, 0.1) is 19.3 Å². The number of nitrogens with zero attached hydrogens (tertiary/aromatic N) is 1. The van der Waals surface area contributed by atoms with Crippen LogP contribution < -0.4 is 10.6 Å². The van der Waals surface area contributed by atoms with Crippen LogP contribution in [0.4, 0.5) is 0 Å². The van der Waals surface area contributed by atoms with Gasteiger partial charge >= 0.3 is 0 Å². The Labute approximate surface area is 158 Å². The Hall–Kier alpha value is -1.59. The lowest BCUT2D eigenvalue weighted by Gasteiger charge is -2.24. The van der Waals surface area contributed by atoms with Crippen LogP contribution in [0, 0.1) is 0 Å². The molecule has 1 aromatic rings. The average Bonchev–Trinajstić information content (AvgIpc) is 3.16. The van der Waals surface area contributed by atoms with Gasteiger partial charge in [0.15, 0.2) is 5.96 Å². The monoisotopic (exact) mass is 361 g/mol. The molecule has 2 rings (SSSR count). The second-order valence-electron chi connectivity index (χ2n) is 7.44. The van der Waals surface area contributed by atoms with Crippen LogP contribution in [-0.2, 0) is 14.9 Å². The van der Waals surface area contributed by atoms with E-state index >= 15 is 0 Å². The maximum atomic E-state index is 5.71. The summed E-state index contributed by atoms with van der Waals surface area (Å²) < 4.78 is 11.3. The van der Waals surface area contributed by atoms with Crippen LogP contribution >= 0.6 is 0 Å². The Morgan fingerprint density at radius 1 is 1.27 bits per heavy atom. The van der Waals surface area contributed by atoms with Crippen molar-refractivity contribution in [1.29, 1.82) is 0 Å². The van der Waals surface area contributed by atoms with E-state index in [0.717, 1.165) is 64.7 Å². The molecule has 146 valence electrons. The second kappa shape index (κ2) is 11.2. The molecule has 0 spiro atoms. The van der Waals surface area contributed by atoms with Crippen molar-refractivity contribution in [2.75, 3.05) is 39.5 Å². The summed E-state index contributed by atoms with van der Waals surface area (Å²) >= 11 is 0. The van der Waals surface area contributed by atoms with Gasteiger partial charge in [0.25, 0.3) is 0 Å². The maximum absolute atomic E-state index is 5.71. The van der Waals surface area contributed by atoms with Gasteiger partial charge < -0.3 is 20.1 Å². The molecular weight excluding hydrogens is 326 g/mol. The van der Waals surface area contributed by atoms with E-state index in [1.807, 2.05) is 0 Å². The van der Waals surface area contributed by atoms with Crippen molar-refractivity contribution in [3.05, 3.63) is 35.9 Å². The molecule has 0 saturated carbocycles. The summed E-state index contributed by atoms with van der Waals surface area (Å²) in [5.74, 6) is 0.871. The Morgan fingerprint density at radius 3 is 2.77 bits per heavy atom. The van der Waals surface area contributed by atoms with E-state index < -0.39 is 0 Å². The highest BCUT2D eigenvalue weighted by molar-refractivity contribution is 5.79. The fraction of sp³-hybridized carbons (Fsp3) is 0.667. The van der Waals surface area contributed by atoms with Crippen LogP contribution in [-0.4, -0.2) is 51.5 Å². The summed E-state index contributed by atoms with van der Waals surface area (Å²) in [6, 6.07) is 10.6. The summed E-state index contributed by atoms with van der Waals surface area (Å²) in [5, 5.41) is 6.72. The minimum atomic E-state index is 0.00794. The van der Waals surface area contributed by atoms with Gasteiger partial charge in [-0.15, -0.1) is 0 Å². The number of rotatable bonds is 10. The van der Waals surface area contributed by atoms with Crippen molar-refractivity contribution in [1.82, 2.24) is 10.6 Å². The number of nitrogens with one attached hydrogen (secondary N) is 2. The van der Waals surface area contributed by atoms with E-state index in [9.17, 15) is 0 Å².